The lowest BCUT2D eigenvalue weighted by molar-refractivity contribution is 0.110. The summed E-state index contributed by atoms with van der Waals surface area (Å²) in [6, 6.07) is 0.303. The molecule has 2 aliphatic carbocycles. The Kier molecular flexibility index (Phi) is 5.08. The highest BCUT2D eigenvalue weighted by atomic mass is 16.3. The molecule has 4 heteroatoms. The van der Waals surface area contributed by atoms with Crippen molar-refractivity contribution >= 4 is 6.03 Å². The standard InChI is InChI=1S/C15H28N2O2/c1-3-11-6-4-5-7-13(11)16-15(19)17(2)10-14(18)12-8-9-12/h11-14,18H,3-10H2,1-2H3,(H,16,19). The van der Waals surface area contributed by atoms with Crippen LogP contribution in [0.1, 0.15) is 51.9 Å². The number of aliphatic hydroxyl groups excluding tert-OH is 1. The Labute approximate surface area is 116 Å². The molecule has 2 amide bonds. The van der Waals surface area contributed by atoms with Gasteiger partial charge in [0.25, 0.3) is 0 Å². The summed E-state index contributed by atoms with van der Waals surface area (Å²) in [6.45, 7) is 2.66. The lowest BCUT2D eigenvalue weighted by atomic mass is 9.83. The Bertz CT molecular complexity index is 305. The molecule has 4 nitrogen and oxygen atoms in total. The van der Waals surface area contributed by atoms with Crippen LogP contribution in [0.3, 0.4) is 0 Å². The highest BCUT2D eigenvalue weighted by Crippen LogP contribution is 2.32. The summed E-state index contributed by atoms with van der Waals surface area (Å²) in [5.74, 6) is 1.05. The Morgan fingerprint density at radius 2 is 2.00 bits per heavy atom. The monoisotopic (exact) mass is 268 g/mol. The van der Waals surface area contributed by atoms with Gasteiger partial charge in [-0.25, -0.2) is 4.79 Å². The number of hydrogen-bond donors (Lipinski definition) is 2. The average molecular weight is 268 g/mol. The van der Waals surface area contributed by atoms with Crippen LogP contribution in [-0.2, 0) is 0 Å². The maximum Gasteiger partial charge on any atom is 0.317 e. The Balaban J connectivity index is 1.77. The van der Waals surface area contributed by atoms with Gasteiger partial charge in [0, 0.05) is 19.6 Å². The van der Waals surface area contributed by atoms with Crippen LogP contribution in [-0.4, -0.2) is 41.8 Å². The van der Waals surface area contributed by atoms with E-state index in [4.69, 9.17) is 0 Å². The summed E-state index contributed by atoms with van der Waals surface area (Å²) < 4.78 is 0. The van der Waals surface area contributed by atoms with Gasteiger partial charge in [0.1, 0.15) is 0 Å². The molecule has 110 valence electrons. The summed E-state index contributed by atoms with van der Waals surface area (Å²) >= 11 is 0. The third-order valence-corrected chi connectivity index (χ3v) is 4.72. The minimum Gasteiger partial charge on any atom is -0.391 e. The zero-order valence-electron chi connectivity index (χ0n) is 12.3. The van der Waals surface area contributed by atoms with E-state index in [0.29, 0.717) is 24.4 Å². The largest absolute Gasteiger partial charge is 0.391 e. The number of urea groups is 1. The predicted molar refractivity (Wildman–Crippen MR) is 75.9 cm³/mol. The zero-order chi connectivity index (χ0) is 13.8. The lowest BCUT2D eigenvalue weighted by Crippen LogP contribution is -2.49. The molecule has 0 heterocycles. The molecule has 0 bridgehead atoms. The molecule has 2 fully saturated rings. The number of carbonyl (C=O) groups is 1. The van der Waals surface area contributed by atoms with Gasteiger partial charge in [-0.2, -0.15) is 0 Å². The fourth-order valence-electron chi connectivity index (χ4n) is 3.15. The molecule has 3 atom stereocenters. The first-order valence-electron chi connectivity index (χ1n) is 7.81. The average Bonchev–Trinajstić information content (AvgIpc) is 3.23. The van der Waals surface area contributed by atoms with Gasteiger partial charge in [0.2, 0.25) is 0 Å². The number of aliphatic hydroxyl groups is 1. The van der Waals surface area contributed by atoms with Gasteiger partial charge in [-0.05, 0) is 37.5 Å². The van der Waals surface area contributed by atoms with E-state index in [1.165, 1.54) is 19.3 Å². The molecule has 0 saturated heterocycles. The topological polar surface area (TPSA) is 52.6 Å². The van der Waals surface area contributed by atoms with Crippen molar-refractivity contribution in [3.63, 3.8) is 0 Å². The van der Waals surface area contributed by atoms with Crippen LogP contribution < -0.4 is 5.32 Å². The molecular weight excluding hydrogens is 240 g/mol. The third-order valence-electron chi connectivity index (χ3n) is 4.72. The predicted octanol–water partition coefficient (Wildman–Crippen LogP) is 2.37. The van der Waals surface area contributed by atoms with Crippen molar-refractivity contribution in [3.05, 3.63) is 0 Å². The van der Waals surface area contributed by atoms with Crippen LogP contribution in [0.15, 0.2) is 0 Å². The smallest absolute Gasteiger partial charge is 0.317 e. The van der Waals surface area contributed by atoms with Crippen LogP contribution in [0.25, 0.3) is 0 Å². The fourth-order valence-corrected chi connectivity index (χ4v) is 3.15. The van der Waals surface area contributed by atoms with E-state index >= 15 is 0 Å². The second kappa shape index (κ2) is 6.60. The molecule has 0 aromatic carbocycles. The van der Waals surface area contributed by atoms with Crippen molar-refractivity contribution in [2.24, 2.45) is 11.8 Å². The SMILES string of the molecule is CCC1CCCCC1NC(=O)N(C)CC(O)C1CC1. The van der Waals surface area contributed by atoms with Crippen LogP contribution >= 0.6 is 0 Å². The first-order valence-corrected chi connectivity index (χ1v) is 7.81. The van der Waals surface area contributed by atoms with E-state index in [9.17, 15) is 9.90 Å². The fraction of sp³-hybridized carbons (Fsp3) is 0.933. The van der Waals surface area contributed by atoms with Crippen LogP contribution in [0.4, 0.5) is 4.79 Å². The van der Waals surface area contributed by atoms with Crippen molar-refractivity contribution in [1.29, 1.82) is 0 Å². The van der Waals surface area contributed by atoms with Crippen molar-refractivity contribution in [3.8, 4) is 0 Å². The highest BCUT2D eigenvalue weighted by molar-refractivity contribution is 5.74. The number of carbonyl (C=O) groups excluding carboxylic acids is 1. The van der Waals surface area contributed by atoms with Crippen molar-refractivity contribution in [2.75, 3.05) is 13.6 Å². The quantitative estimate of drug-likeness (QED) is 0.804. The molecular formula is C15H28N2O2. The first kappa shape index (κ1) is 14.6. The van der Waals surface area contributed by atoms with Gasteiger partial charge in [0.15, 0.2) is 0 Å². The van der Waals surface area contributed by atoms with Crippen LogP contribution in [0, 0.1) is 11.8 Å². The Morgan fingerprint density at radius 3 is 2.63 bits per heavy atom. The minimum atomic E-state index is -0.343. The van der Waals surface area contributed by atoms with Gasteiger partial charge in [-0.3, -0.25) is 0 Å². The number of likely N-dealkylation sites (N-methyl/N-ethyl adjacent to an activating group) is 1. The number of nitrogens with one attached hydrogen (secondary N) is 1. The molecule has 2 aliphatic rings. The first-order chi connectivity index (χ1) is 9.11. The highest BCUT2D eigenvalue weighted by Gasteiger charge is 2.32. The van der Waals surface area contributed by atoms with Crippen LogP contribution in [0.2, 0.25) is 0 Å². The molecule has 0 spiro atoms. The van der Waals surface area contributed by atoms with E-state index in [0.717, 1.165) is 25.7 Å². The molecule has 0 aliphatic heterocycles. The summed E-state index contributed by atoms with van der Waals surface area (Å²) in [5.41, 5.74) is 0. The second-order valence-corrected chi connectivity index (χ2v) is 6.29. The van der Waals surface area contributed by atoms with Gasteiger partial charge < -0.3 is 15.3 Å². The second-order valence-electron chi connectivity index (χ2n) is 6.29. The molecule has 0 radical (unpaired) electrons. The molecule has 0 aromatic heterocycles. The molecule has 3 unspecified atom stereocenters. The lowest BCUT2D eigenvalue weighted by Gasteiger charge is -2.33. The molecule has 2 N–H and O–H groups in total. The van der Waals surface area contributed by atoms with E-state index in [2.05, 4.69) is 12.2 Å². The normalized spacial score (nSPS) is 28.8. The van der Waals surface area contributed by atoms with E-state index in [-0.39, 0.29) is 12.1 Å². The number of amides is 2. The number of nitrogens with zero attached hydrogens (tertiary/aromatic N) is 1. The molecule has 2 rings (SSSR count). The molecule has 0 aromatic rings. The van der Waals surface area contributed by atoms with Crippen LogP contribution in [0.5, 0.6) is 0 Å². The van der Waals surface area contributed by atoms with Gasteiger partial charge in [0.05, 0.1) is 6.10 Å². The number of rotatable bonds is 5. The minimum absolute atomic E-state index is 0.0231. The van der Waals surface area contributed by atoms with Crippen molar-refractivity contribution < 1.29 is 9.90 Å². The zero-order valence-corrected chi connectivity index (χ0v) is 12.3. The maximum atomic E-state index is 12.2. The Hall–Kier alpha value is -0.770. The summed E-state index contributed by atoms with van der Waals surface area (Å²) in [4.78, 5) is 13.8. The summed E-state index contributed by atoms with van der Waals surface area (Å²) in [7, 11) is 1.78. The molecule has 19 heavy (non-hydrogen) atoms. The van der Waals surface area contributed by atoms with Crippen molar-refractivity contribution in [2.45, 2.75) is 64.0 Å². The summed E-state index contributed by atoms with van der Waals surface area (Å²) in [6.07, 6.45) is 7.85. The van der Waals surface area contributed by atoms with Gasteiger partial charge in [-0.15, -0.1) is 0 Å². The third kappa shape index (κ3) is 4.10. The summed E-state index contributed by atoms with van der Waals surface area (Å²) in [5, 5.41) is 13.1. The van der Waals surface area contributed by atoms with Crippen molar-refractivity contribution in [1.82, 2.24) is 10.2 Å². The van der Waals surface area contributed by atoms with E-state index in [1.807, 2.05) is 0 Å². The van der Waals surface area contributed by atoms with E-state index in [1.54, 1.807) is 11.9 Å². The van der Waals surface area contributed by atoms with E-state index < -0.39 is 0 Å². The van der Waals surface area contributed by atoms with Gasteiger partial charge in [-0.1, -0.05) is 26.2 Å². The molecule has 2 saturated carbocycles. The van der Waals surface area contributed by atoms with Gasteiger partial charge >= 0.3 is 6.03 Å². The number of hydrogen-bond acceptors (Lipinski definition) is 2. The Morgan fingerprint density at radius 1 is 1.32 bits per heavy atom. The maximum absolute atomic E-state index is 12.2.